The van der Waals surface area contributed by atoms with E-state index in [9.17, 15) is 0 Å². The number of benzene rings is 2. The van der Waals surface area contributed by atoms with E-state index in [-0.39, 0.29) is 0 Å². The van der Waals surface area contributed by atoms with E-state index in [1.807, 2.05) is 48.7 Å². The minimum atomic E-state index is 0.752. The maximum Gasteiger partial charge on any atom is 0.169 e. The number of para-hydroxylation sites is 2. The first kappa shape index (κ1) is 14.1. The summed E-state index contributed by atoms with van der Waals surface area (Å²) in [6.45, 7) is 0.814. The molecule has 2 aromatic carbocycles. The molecule has 0 saturated carbocycles. The molecule has 1 heterocycles. The third kappa shape index (κ3) is 3.25. The highest BCUT2D eigenvalue weighted by atomic mass is 16.5. The van der Waals surface area contributed by atoms with Crippen LogP contribution in [0, 0.1) is 0 Å². The largest absolute Gasteiger partial charge is 0.494 e. The Morgan fingerprint density at radius 3 is 2.64 bits per heavy atom. The van der Waals surface area contributed by atoms with Crippen LogP contribution in [0.15, 0.2) is 60.8 Å². The monoisotopic (exact) mass is 294 g/mol. The van der Waals surface area contributed by atoms with Gasteiger partial charge in [0.25, 0.3) is 0 Å². The lowest BCUT2D eigenvalue weighted by molar-refractivity contribution is 0.411. The van der Waals surface area contributed by atoms with Crippen LogP contribution in [0.25, 0.3) is 5.69 Å². The molecule has 112 valence electrons. The molecule has 3 rings (SSSR count). The average Bonchev–Trinajstić information content (AvgIpc) is 3.04. The molecule has 0 fully saturated rings. The Hall–Kier alpha value is -2.82. The molecular weight excluding hydrogens is 276 g/mol. The predicted octanol–water partition coefficient (Wildman–Crippen LogP) is 2.93. The first-order chi connectivity index (χ1) is 10.9. The van der Waals surface area contributed by atoms with Crippen LogP contribution in [-0.2, 0) is 6.42 Å². The van der Waals surface area contributed by atoms with Crippen molar-refractivity contribution in [3.05, 3.63) is 66.4 Å². The van der Waals surface area contributed by atoms with Crippen molar-refractivity contribution in [2.75, 3.05) is 19.0 Å². The summed E-state index contributed by atoms with van der Waals surface area (Å²) in [5.74, 6) is 1.52. The first-order valence-corrected chi connectivity index (χ1v) is 7.20. The summed E-state index contributed by atoms with van der Waals surface area (Å²) in [4.78, 5) is 0. The summed E-state index contributed by atoms with van der Waals surface area (Å²) in [6, 6.07) is 18.1. The van der Waals surface area contributed by atoms with Gasteiger partial charge in [0.1, 0.15) is 11.4 Å². The molecule has 0 atom stereocenters. The van der Waals surface area contributed by atoms with Crippen LogP contribution in [-0.4, -0.2) is 28.6 Å². The van der Waals surface area contributed by atoms with E-state index in [1.165, 1.54) is 5.56 Å². The van der Waals surface area contributed by atoms with Gasteiger partial charge in [-0.3, -0.25) is 0 Å². The molecule has 0 spiro atoms. The molecule has 3 aromatic rings. The highest BCUT2D eigenvalue weighted by Gasteiger charge is 2.07. The van der Waals surface area contributed by atoms with Gasteiger partial charge in [-0.25, -0.2) is 4.68 Å². The predicted molar refractivity (Wildman–Crippen MR) is 86.5 cm³/mol. The molecule has 1 N–H and O–H groups in total. The number of anilines is 1. The normalized spacial score (nSPS) is 10.4. The van der Waals surface area contributed by atoms with Crippen molar-refractivity contribution < 1.29 is 4.74 Å². The fourth-order valence-electron chi connectivity index (χ4n) is 2.26. The second-order valence-corrected chi connectivity index (χ2v) is 4.88. The Morgan fingerprint density at radius 1 is 1.05 bits per heavy atom. The van der Waals surface area contributed by atoms with Gasteiger partial charge in [-0.1, -0.05) is 47.7 Å². The van der Waals surface area contributed by atoms with E-state index in [0.717, 1.165) is 30.2 Å². The van der Waals surface area contributed by atoms with Gasteiger partial charge < -0.3 is 10.1 Å². The average molecular weight is 294 g/mol. The van der Waals surface area contributed by atoms with Crippen LogP contribution in [0.4, 0.5) is 5.82 Å². The van der Waals surface area contributed by atoms with E-state index in [1.54, 1.807) is 11.8 Å². The SMILES string of the molecule is COc1ccccc1-n1cc(NCCc2ccccc2)nn1. The lowest BCUT2D eigenvalue weighted by Crippen LogP contribution is -2.04. The number of nitrogens with one attached hydrogen (secondary N) is 1. The standard InChI is InChI=1S/C17H18N4O/c1-22-16-10-6-5-9-15(16)21-13-17(19-20-21)18-12-11-14-7-3-2-4-8-14/h2-10,13,18H,11-12H2,1H3. The van der Waals surface area contributed by atoms with Gasteiger partial charge in [-0.15, -0.1) is 5.10 Å². The Kier molecular flexibility index (Phi) is 4.34. The maximum absolute atomic E-state index is 5.34. The fourth-order valence-corrected chi connectivity index (χ4v) is 2.26. The molecule has 5 heteroatoms. The fraction of sp³-hybridized carbons (Fsp3) is 0.176. The number of aromatic nitrogens is 3. The zero-order chi connectivity index (χ0) is 15.2. The summed E-state index contributed by atoms with van der Waals surface area (Å²) in [7, 11) is 1.65. The van der Waals surface area contributed by atoms with Crippen LogP contribution in [0.1, 0.15) is 5.56 Å². The summed E-state index contributed by atoms with van der Waals surface area (Å²) in [5.41, 5.74) is 2.17. The van der Waals surface area contributed by atoms with Crippen molar-refractivity contribution in [1.29, 1.82) is 0 Å². The van der Waals surface area contributed by atoms with E-state index in [4.69, 9.17) is 4.74 Å². The molecule has 0 amide bonds. The highest BCUT2D eigenvalue weighted by molar-refractivity contribution is 5.47. The van der Waals surface area contributed by atoms with Crippen molar-refractivity contribution in [2.45, 2.75) is 6.42 Å². The number of ether oxygens (including phenoxy) is 1. The number of nitrogens with zero attached hydrogens (tertiary/aromatic N) is 3. The molecular formula is C17H18N4O. The molecule has 0 saturated heterocycles. The van der Waals surface area contributed by atoms with Crippen molar-refractivity contribution in [2.24, 2.45) is 0 Å². The quantitative estimate of drug-likeness (QED) is 0.759. The number of hydrogen-bond donors (Lipinski definition) is 1. The van der Waals surface area contributed by atoms with Gasteiger partial charge in [0, 0.05) is 6.54 Å². The Bertz CT molecular complexity index is 724. The summed E-state index contributed by atoms with van der Waals surface area (Å²) >= 11 is 0. The number of rotatable bonds is 6. The second-order valence-electron chi connectivity index (χ2n) is 4.88. The van der Waals surface area contributed by atoms with E-state index in [2.05, 4.69) is 27.8 Å². The summed E-state index contributed by atoms with van der Waals surface area (Å²) < 4.78 is 7.05. The van der Waals surface area contributed by atoms with Crippen LogP contribution in [0.3, 0.4) is 0 Å². The molecule has 0 radical (unpaired) electrons. The molecule has 0 aliphatic rings. The van der Waals surface area contributed by atoms with Gasteiger partial charge >= 0.3 is 0 Å². The van der Waals surface area contributed by atoms with Gasteiger partial charge in [0.05, 0.1) is 13.3 Å². The van der Waals surface area contributed by atoms with E-state index >= 15 is 0 Å². The van der Waals surface area contributed by atoms with Crippen molar-refractivity contribution >= 4 is 5.82 Å². The molecule has 22 heavy (non-hydrogen) atoms. The lowest BCUT2D eigenvalue weighted by atomic mass is 10.1. The van der Waals surface area contributed by atoms with Crippen LogP contribution in [0.2, 0.25) is 0 Å². The lowest BCUT2D eigenvalue weighted by Gasteiger charge is -2.06. The molecule has 0 unspecified atom stereocenters. The van der Waals surface area contributed by atoms with E-state index < -0.39 is 0 Å². The summed E-state index contributed by atoms with van der Waals surface area (Å²) in [6.07, 6.45) is 2.81. The van der Waals surface area contributed by atoms with Crippen molar-refractivity contribution in [3.63, 3.8) is 0 Å². The topological polar surface area (TPSA) is 52.0 Å². The smallest absolute Gasteiger partial charge is 0.169 e. The third-order valence-electron chi connectivity index (χ3n) is 3.39. The van der Waals surface area contributed by atoms with Gasteiger partial charge in [-0.2, -0.15) is 0 Å². The molecule has 0 bridgehead atoms. The third-order valence-corrected chi connectivity index (χ3v) is 3.39. The molecule has 0 aliphatic heterocycles. The van der Waals surface area contributed by atoms with Gasteiger partial charge in [-0.05, 0) is 24.1 Å². The van der Waals surface area contributed by atoms with Crippen molar-refractivity contribution in [3.8, 4) is 11.4 Å². The van der Waals surface area contributed by atoms with Crippen LogP contribution in [0.5, 0.6) is 5.75 Å². The minimum Gasteiger partial charge on any atom is -0.494 e. The summed E-state index contributed by atoms with van der Waals surface area (Å²) in [5, 5.41) is 11.6. The van der Waals surface area contributed by atoms with Crippen LogP contribution >= 0.6 is 0 Å². The van der Waals surface area contributed by atoms with Crippen molar-refractivity contribution in [1.82, 2.24) is 15.0 Å². The first-order valence-electron chi connectivity index (χ1n) is 7.20. The number of hydrogen-bond acceptors (Lipinski definition) is 4. The zero-order valence-corrected chi connectivity index (χ0v) is 12.4. The zero-order valence-electron chi connectivity index (χ0n) is 12.4. The molecule has 5 nitrogen and oxygen atoms in total. The molecule has 0 aliphatic carbocycles. The highest BCUT2D eigenvalue weighted by Crippen LogP contribution is 2.21. The molecule has 1 aromatic heterocycles. The Labute approximate surface area is 129 Å². The van der Waals surface area contributed by atoms with Gasteiger partial charge in [0.2, 0.25) is 0 Å². The van der Waals surface area contributed by atoms with Gasteiger partial charge in [0.15, 0.2) is 5.82 Å². The Balaban J connectivity index is 1.64. The van der Waals surface area contributed by atoms with Crippen LogP contribution < -0.4 is 10.1 Å². The Morgan fingerprint density at radius 2 is 1.82 bits per heavy atom. The number of methoxy groups -OCH3 is 1. The minimum absolute atomic E-state index is 0.752. The maximum atomic E-state index is 5.34. The second kappa shape index (κ2) is 6.76. The van der Waals surface area contributed by atoms with E-state index in [0.29, 0.717) is 0 Å².